The molecule has 0 aliphatic heterocycles. The fourth-order valence-electron chi connectivity index (χ4n) is 2.31. The number of rotatable bonds is 5. The molecule has 0 aromatic heterocycles. The molecule has 0 aliphatic carbocycles. The number of aryl methyl sites for hydroxylation is 1. The number of nitrogens with zero attached hydrogens (tertiary/aromatic N) is 1. The lowest BCUT2D eigenvalue weighted by molar-refractivity contribution is -0.137. The number of hydrogen-bond donors (Lipinski definition) is 0. The highest BCUT2D eigenvalue weighted by atomic mass is 19.4. The molecule has 0 heterocycles. The zero-order chi connectivity index (χ0) is 16.2. The molecule has 0 bridgehead atoms. The summed E-state index contributed by atoms with van der Waals surface area (Å²) in [6.45, 7) is 1.04. The Morgan fingerprint density at radius 2 is 1.32 bits per heavy atom. The van der Waals surface area contributed by atoms with Gasteiger partial charge in [0.1, 0.15) is 0 Å². The SMILES string of the molecule is CN(C)CCCc1ccc(-c2ccc(C(F)(F)F)cc2)cc1. The maximum Gasteiger partial charge on any atom is 0.416 e. The van der Waals surface area contributed by atoms with E-state index in [-0.39, 0.29) is 0 Å². The van der Waals surface area contributed by atoms with Crippen LogP contribution < -0.4 is 0 Å². The van der Waals surface area contributed by atoms with Crippen LogP contribution in [0.5, 0.6) is 0 Å². The average molecular weight is 307 g/mol. The smallest absolute Gasteiger partial charge is 0.309 e. The van der Waals surface area contributed by atoms with Crippen molar-refractivity contribution in [1.82, 2.24) is 4.90 Å². The normalized spacial score (nSPS) is 11.9. The van der Waals surface area contributed by atoms with Gasteiger partial charge in [0.25, 0.3) is 0 Å². The number of benzene rings is 2. The number of halogens is 3. The summed E-state index contributed by atoms with van der Waals surface area (Å²) in [7, 11) is 4.10. The van der Waals surface area contributed by atoms with Crippen LogP contribution >= 0.6 is 0 Å². The van der Waals surface area contributed by atoms with Crippen LogP contribution in [0.3, 0.4) is 0 Å². The van der Waals surface area contributed by atoms with Crippen molar-refractivity contribution in [3.63, 3.8) is 0 Å². The van der Waals surface area contributed by atoms with Gasteiger partial charge in [-0.15, -0.1) is 0 Å². The maximum absolute atomic E-state index is 12.5. The van der Waals surface area contributed by atoms with Crippen molar-refractivity contribution in [3.05, 3.63) is 59.7 Å². The van der Waals surface area contributed by atoms with Crippen molar-refractivity contribution >= 4 is 0 Å². The summed E-state index contributed by atoms with van der Waals surface area (Å²) < 4.78 is 37.6. The van der Waals surface area contributed by atoms with E-state index in [4.69, 9.17) is 0 Å². The van der Waals surface area contributed by atoms with Crippen LogP contribution in [0, 0.1) is 0 Å². The molecular formula is C18H20F3N. The molecule has 22 heavy (non-hydrogen) atoms. The first-order valence-corrected chi connectivity index (χ1v) is 7.27. The summed E-state index contributed by atoms with van der Waals surface area (Å²) in [6, 6.07) is 13.3. The van der Waals surface area contributed by atoms with Crippen LogP contribution in [0.4, 0.5) is 13.2 Å². The molecule has 0 radical (unpaired) electrons. The second kappa shape index (κ2) is 6.97. The van der Waals surface area contributed by atoms with E-state index in [1.165, 1.54) is 17.7 Å². The van der Waals surface area contributed by atoms with Crippen LogP contribution in [0.2, 0.25) is 0 Å². The Labute approximate surface area is 129 Å². The highest BCUT2D eigenvalue weighted by Crippen LogP contribution is 2.31. The zero-order valence-corrected chi connectivity index (χ0v) is 12.8. The van der Waals surface area contributed by atoms with Gasteiger partial charge in [0, 0.05) is 0 Å². The van der Waals surface area contributed by atoms with Gasteiger partial charge in [0.05, 0.1) is 5.56 Å². The van der Waals surface area contributed by atoms with Crippen molar-refractivity contribution in [3.8, 4) is 11.1 Å². The third-order valence-electron chi connectivity index (χ3n) is 3.57. The van der Waals surface area contributed by atoms with Gasteiger partial charge in [0.2, 0.25) is 0 Å². The quantitative estimate of drug-likeness (QED) is 0.762. The second-order valence-electron chi connectivity index (χ2n) is 5.68. The summed E-state index contributed by atoms with van der Waals surface area (Å²) in [5.41, 5.74) is 2.37. The molecule has 0 saturated heterocycles. The summed E-state index contributed by atoms with van der Waals surface area (Å²) in [4.78, 5) is 2.15. The molecule has 0 atom stereocenters. The molecule has 2 rings (SSSR count). The molecule has 0 N–H and O–H groups in total. The predicted octanol–water partition coefficient (Wildman–Crippen LogP) is 4.87. The molecule has 118 valence electrons. The topological polar surface area (TPSA) is 3.24 Å². The minimum absolute atomic E-state index is 0.614. The minimum Gasteiger partial charge on any atom is -0.309 e. The zero-order valence-electron chi connectivity index (χ0n) is 12.8. The van der Waals surface area contributed by atoms with E-state index in [0.29, 0.717) is 0 Å². The Morgan fingerprint density at radius 3 is 1.77 bits per heavy atom. The lowest BCUT2D eigenvalue weighted by atomic mass is 10.0. The van der Waals surface area contributed by atoms with Crippen LogP contribution in [-0.2, 0) is 12.6 Å². The molecule has 0 spiro atoms. The lowest BCUT2D eigenvalue weighted by Crippen LogP contribution is -2.13. The summed E-state index contributed by atoms with van der Waals surface area (Å²) in [5, 5.41) is 0. The molecular weight excluding hydrogens is 287 g/mol. The minimum atomic E-state index is -4.28. The number of hydrogen-bond acceptors (Lipinski definition) is 1. The van der Waals surface area contributed by atoms with Crippen LogP contribution in [0.1, 0.15) is 17.5 Å². The summed E-state index contributed by atoms with van der Waals surface area (Å²) >= 11 is 0. The van der Waals surface area contributed by atoms with Crippen LogP contribution in [0.15, 0.2) is 48.5 Å². The van der Waals surface area contributed by atoms with Crippen molar-refractivity contribution in [1.29, 1.82) is 0 Å². The van der Waals surface area contributed by atoms with E-state index in [9.17, 15) is 13.2 Å². The van der Waals surface area contributed by atoms with Gasteiger partial charge < -0.3 is 4.90 Å². The van der Waals surface area contributed by atoms with Gasteiger partial charge in [-0.25, -0.2) is 0 Å². The Morgan fingerprint density at radius 1 is 0.818 bits per heavy atom. The van der Waals surface area contributed by atoms with Gasteiger partial charge in [-0.2, -0.15) is 13.2 Å². The first-order chi connectivity index (χ1) is 10.4. The van der Waals surface area contributed by atoms with Gasteiger partial charge in [-0.1, -0.05) is 36.4 Å². The summed E-state index contributed by atoms with van der Waals surface area (Å²) in [6.07, 6.45) is -2.19. The Bertz CT molecular complexity index is 583. The highest BCUT2D eigenvalue weighted by Gasteiger charge is 2.29. The molecule has 0 unspecified atom stereocenters. The molecule has 4 heteroatoms. The summed E-state index contributed by atoms with van der Waals surface area (Å²) in [5.74, 6) is 0. The first kappa shape index (κ1) is 16.6. The fourth-order valence-corrected chi connectivity index (χ4v) is 2.31. The molecule has 2 aromatic rings. The van der Waals surface area contributed by atoms with E-state index in [1.54, 1.807) is 0 Å². The second-order valence-corrected chi connectivity index (χ2v) is 5.68. The van der Waals surface area contributed by atoms with Crippen molar-refractivity contribution in [2.45, 2.75) is 19.0 Å². The largest absolute Gasteiger partial charge is 0.416 e. The molecule has 1 nitrogen and oxygen atoms in total. The van der Waals surface area contributed by atoms with Crippen LogP contribution in [0.25, 0.3) is 11.1 Å². The molecule has 0 saturated carbocycles. The first-order valence-electron chi connectivity index (χ1n) is 7.27. The third-order valence-corrected chi connectivity index (χ3v) is 3.57. The standard InChI is InChI=1S/C18H20F3N/c1-22(2)13-3-4-14-5-7-15(8-6-14)16-9-11-17(12-10-16)18(19,20)21/h5-12H,3-4,13H2,1-2H3. The molecule has 0 aliphatic rings. The van der Waals surface area contributed by atoms with Gasteiger partial charge >= 0.3 is 6.18 Å². The Balaban J connectivity index is 2.04. The number of alkyl halides is 3. The highest BCUT2D eigenvalue weighted by molar-refractivity contribution is 5.64. The van der Waals surface area contributed by atoms with Crippen molar-refractivity contribution < 1.29 is 13.2 Å². The molecule has 0 fully saturated rings. The Hall–Kier alpha value is -1.81. The third kappa shape index (κ3) is 4.60. The molecule has 2 aromatic carbocycles. The lowest BCUT2D eigenvalue weighted by Gasteiger charge is -2.10. The van der Waals surface area contributed by atoms with Crippen LogP contribution in [-0.4, -0.2) is 25.5 Å². The average Bonchev–Trinajstić information content (AvgIpc) is 2.47. The van der Waals surface area contributed by atoms with E-state index >= 15 is 0 Å². The van der Waals surface area contributed by atoms with E-state index < -0.39 is 11.7 Å². The maximum atomic E-state index is 12.5. The molecule has 0 amide bonds. The predicted molar refractivity (Wildman–Crippen MR) is 83.8 cm³/mol. The van der Waals surface area contributed by atoms with E-state index in [2.05, 4.69) is 4.90 Å². The monoisotopic (exact) mass is 307 g/mol. The fraction of sp³-hybridized carbons (Fsp3) is 0.333. The van der Waals surface area contributed by atoms with Crippen molar-refractivity contribution in [2.24, 2.45) is 0 Å². The van der Waals surface area contributed by atoms with Gasteiger partial charge in [-0.3, -0.25) is 0 Å². The van der Waals surface area contributed by atoms with E-state index in [1.807, 2.05) is 38.4 Å². The van der Waals surface area contributed by atoms with Gasteiger partial charge in [0.15, 0.2) is 0 Å². The Kier molecular flexibility index (Phi) is 5.24. The van der Waals surface area contributed by atoms with Crippen molar-refractivity contribution in [2.75, 3.05) is 20.6 Å². The van der Waals surface area contributed by atoms with Gasteiger partial charge in [-0.05, 0) is 62.3 Å². The van der Waals surface area contributed by atoms with E-state index in [0.717, 1.165) is 42.6 Å².